The highest BCUT2D eigenvalue weighted by Crippen LogP contribution is 2.26. The molecule has 2 N–H and O–H groups in total. The van der Waals surface area contributed by atoms with Gasteiger partial charge in [-0.15, -0.1) is 0 Å². The van der Waals surface area contributed by atoms with E-state index in [0.29, 0.717) is 12.4 Å². The van der Waals surface area contributed by atoms with Gasteiger partial charge in [-0.3, -0.25) is 0 Å². The van der Waals surface area contributed by atoms with Crippen LogP contribution in [0.15, 0.2) is 30.5 Å². The van der Waals surface area contributed by atoms with Crippen molar-refractivity contribution in [3.05, 3.63) is 52.7 Å². The molecule has 0 spiro atoms. The van der Waals surface area contributed by atoms with E-state index < -0.39 is 0 Å². The molecule has 1 aromatic heterocycles. The van der Waals surface area contributed by atoms with Gasteiger partial charge < -0.3 is 10.5 Å². The standard InChI is InChI=1S/C15H18N2O/c1-10-6-7-11(2)14(12(10)3)18-9-13-5-4-8-17-15(13)16/h4-8H,9H2,1-3H3,(H2,16,17). The van der Waals surface area contributed by atoms with E-state index in [9.17, 15) is 0 Å². The summed E-state index contributed by atoms with van der Waals surface area (Å²) in [4.78, 5) is 4.05. The maximum atomic E-state index is 5.90. The van der Waals surface area contributed by atoms with Gasteiger partial charge in [0, 0.05) is 11.8 Å². The number of aromatic nitrogens is 1. The Morgan fingerprint density at radius 3 is 2.56 bits per heavy atom. The van der Waals surface area contributed by atoms with Crippen LogP contribution in [0.25, 0.3) is 0 Å². The number of nitrogens with zero attached hydrogens (tertiary/aromatic N) is 1. The average Bonchev–Trinajstić information content (AvgIpc) is 2.36. The Bertz CT molecular complexity index is 564. The van der Waals surface area contributed by atoms with E-state index in [1.54, 1.807) is 6.20 Å². The van der Waals surface area contributed by atoms with Gasteiger partial charge in [-0.1, -0.05) is 18.2 Å². The smallest absolute Gasteiger partial charge is 0.129 e. The van der Waals surface area contributed by atoms with Crippen molar-refractivity contribution < 1.29 is 4.74 Å². The molecular weight excluding hydrogens is 224 g/mol. The molecule has 3 heteroatoms. The molecule has 0 atom stereocenters. The van der Waals surface area contributed by atoms with Gasteiger partial charge in [-0.05, 0) is 43.5 Å². The summed E-state index contributed by atoms with van der Waals surface area (Å²) in [6.07, 6.45) is 1.68. The second kappa shape index (κ2) is 5.08. The van der Waals surface area contributed by atoms with Crippen molar-refractivity contribution in [2.75, 3.05) is 5.73 Å². The molecule has 0 aliphatic heterocycles. The molecule has 94 valence electrons. The van der Waals surface area contributed by atoms with Gasteiger partial charge in [-0.25, -0.2) is 4.98 Å². The van der Waals surface area contributed by atoms with Crippen LogP contribution >= 0.6 is 0 Å². The van der Waals surface area contributed by atoms with Gasteiger partial charge >= 0.3 is 0 Å². The summed E-state index contributed by atoms with van der Waals surface area (Å²) in [5.41, 5.74) is 10.3. The summed E-state index contributed by atoms with van der Waals surface area (Å²) >= 11 is 0. The zero-order chi connectivity index (χ0) is 13.1. The minimum atomic E-state index is 0.449. The SMILES string of the molecule is Cc1ccc(C)c(OCc2cccnc2N)c1C. The quantitative estimate of drug-likeness (QED) is 0.899. The third-order valence-electron chi connectivity index (χ3n) is 3.17. The molecule has 0 radical (unpaired) electrons. The van der Waals surface area contributed by atoms with Gasteiger partial charge in [0.2, 0.25) is 0 Å². The van der Waals surface area contributed by atoms with Crippen LogP contribution in [0.1, 0.15) is 22.3 Å². The van der Waals surface area contributed by atoms with Crippen molar-refractivity contribution in [3.63, 3.8) is 0 Å². The molecule has 0 aliphatic rings. The lowest BCUT2D eigenvalue weighted by molar-refractivity contribution is 0.302. The summed E-state index contributed by atoms with van der Waals surface area (Å²) in [6.45, 7) is 6.66. The lowest BCUT2D eigenvalue weighted by atomic mass is 10.1. The summed E-state index contributed by atoms with van der Waals surface area (Å²) in [7, 11) is 0. The number of nitrogens with two attached hydrogens (primary N) is 1. The highest BCUT2D eigenvalue weighted by atomic mass is 16.5. The molecule has 0 fully saturated rings. The molecule has 2 aromatic rings. The summed E-state index contributed by atoms with van der Waals surface area (Å²) < 4.78 is 5.90. The monoisotopic (exact) mass is 242 g/mol. The number of ether oxygens (including phenoxy) is 1. The number of pyridine rings is 1. The number of hydrogen-bond acceptors (Lipinski definition) is 3. The second-order valence-corrected chi connectivity index (χ2v) is 4.49. The van der Waals surface area contributed by atoms with Gasteiger partial charge in [0.25, 0.3) is 0 Å². The molecule has 18 heavy (non-hydrogen) atoms. The van der Waals surface area contributed by atoms with Crippen LogP contribution < -0.4 is 10.5 Å². The molecule has 0 saturated heterocycles. The number of hydrogen-bond donors (Lipinski definition) is 1. The molecule has 0 amide bonds. The van der Waals surface area contributed by atoms with Crippen LogP contribution in [-0.2, 0) is 6.61 Å². The zero-order valence-corrected chi connectivity index (χ0v) is 11.0. The molecular formula is C15H18N2O. The molecule has 1 aromatic carbocycles. The minimum Gasteiger partial charge on any atom is -0.488 e. The molecule has 3 nitrogen and oxygen atoms in total. The topological polar surface area (TPSA) is 48.1 Å². The van der Waals surface area contributed by atoms with Gasteiger partial charge in [-0.2, -0.15) is 0 Å². The van der Waals surface area contributed by atoms with Crippen molar-refractivity contribution in [3.8, 4) is 5.75 Å². The Balaban J connectivity index is 2.21. The Labute approximate surface area is 108 Å². The predicted octanol–water partition coefficient (Wildman–Crippen LogP) is 3.17. The van der Waals surface area contributed by atoms with Gasteiger partial charge in [0.15, 0.2) is 0 Å². The molecule has 0 unspecified atom stereocenters. The van der Waals surface area contributed by atoms with Crippen LogP contribution in [0.2, 0.25) is 0 Å². The van der Waals surface area contributed by atoms with Crippen LogP contribution in [0.4, 0.5) is 5.82 Å². The van der Waals surface area contributed by atoms with Crippen LogP contribution in [0, 0.1) is 20.8 Å². The lowest BCUT2D eigenvalue weighted by Crippen LogP contribution is -2.04. The maximum Gasteiger partial charge on any atom is 0.129 e. The first-order chi connectivity index (χ1) is 8.59. The predicted molar refractivity (Wildman–Crippen MR) is 73.6 cm³/mol. The fraction of sp³-hybridized carbons (Fsp3) is 0.267. The zero-order valence-electron chi connectivity index (χ0n) is 11.0. The Morgan fingerprint density at radius 2 is 1.83 bits per heavy atom. The number of rotatable bonds is 3. The normalized spacial score (nSPS) is 10.4. The maximum absolute atomic E-state index is 5.90. The summed E-state index contributed by atoms with van der Waals surface area (Å²) in [5, 5.41) is 0. The summed E-state index contributed by atoms with van der Waals surface area (Å²) in [5.74, 6) is 1.47. The van der Waals surface area contributed by atoms with Crippen LogP contribution in [0.5, 0.6) is 5.75 Å². The van der Waals surface area contributed by atoms with E-state index in [1.807, 2.05) is 19.1 Å². The molecule has 2 rings (SSSR count). The number of nitrogen functional groups attached to an aromatic ring is 1. The number of benzene rings is 1. The number of aryl methyl sites for hydroxylation is 2. The lowest BCUT2D eigenvalue weighted by Gasteiger charge is -2.14. The minimum absolute atomic E-state index is 0.449. The number of anilines is 1. The Morgan fingerprint density at radius 1 is 1.11 bits per heavy atom. The first-order valence-corrected chi connectivity index (χ1v) is 5.98. The van der Waals surface area contributed by atoms with E-state index in [2.05, 4.69) is 31.0 Å². The third kappa shape index (κ3) is 2.45. The highest BCUT2D eigenvalue weighted by molar-refractivity contribution is 5.45. The van der Waals surface area contributed by atoms with Crippen molar-refractivity contribution in [2.24, 2.45) is 0 Å². The third-order valence-corrected chi connectivity index (χ3v) is 3.17. The first-order valence-electron chi connectivity index (χ1n) is 5.98. The molecule has 0 bridgehead atoms. The van der Waals surface area contributed by atoms with Crippen LogP contribution in [0.3, 0.4) is 0 Å². The Hall–Kier alpha value is -2.03. The van der Waals surface area contributed by atoms with Crippen molar-refractivity contribution >= 4 is 5.82 Å². The van der Waals surface area contributed by atoms with E-state index in [0.717, 1.165) is 16.9 Å². The van der Waals surface area contributed by atoms with Gasteiger partial charge in [0.1, 0.15) is 18.2 Å². The van der Waals surface area contributed by atoms with Crippen molar-refractivity contribution in [1.82, 2.24) is 4.98 Å². The van der Waals surface area contributed by atoms with Crippen molar-refractivity contribution in [1.29, 1.82) is 0 Å². The van der Waals surface area contributed by atoms with Gasteiger partial charge in [0.05, 0.1) is 0 Å². The molecule has 0 aliphatic carbocycles. The fourth-order valence-electron chi connectivity index (χ4n) is 1.87. The molecule has 0 saturated carbocycles. The average molecular weight is 242 g/mol. The summed E-state index contributed by atoms with van der Waals surface area (Å²) in [6, 6.07) is 7.98. The second-order valence-electron chi connectivity index (χ2n) is 4.49. The Kier molecular flexibility index (Phi) is 3.51. The highest BCUT2D eigenvalue weighted by Gasteiger charge is 2.07. The largest absolute Gasteiger partial charge is 0.488 e. The fourth-order valence-corrected chi connectivity index (χ4v) is 1.87. The van der Waals surface area contributed by atoms with E-state index in [-0.39, 0.29) is 0 Å². The van der Waals surface area contributed by atoms with Crippen molar-refractivity contribution in [2.45, 2.75) is 27.4 Å². The van der Waals surface area contributed by atoms with E-state index >= 15 is 0 Å². The van der Waals surface area contributed by atoms with E-state index in [1.165, 1.54) is 11.1 Å². The van der Waals surface area contributed by atoms with E-state index in [4.69, 9.17) is 10.5 Å². The molecule has 1 heterocycles. The first kappa shape index (κ1) is 12.4. The van der Waals surface area contributed by atoms with Crippen LogP contribution in [-0.4, -0.2) is 4.98 Å².